The molecule has 0 saturated carbocycles. The molecule has 0 aliphatic carbocycles. The van der Waals surface area contributed by atoms with Gasteiger partial charge < -0.3 is 11.2 Å². The van der Waals surface area contributed by atoms with Gasteiger partial charge >= 0.3 is 0 Å². The van der Waals surface area contributed by atoms with Crippen LogP contribution in [0.2, 0.25) is 0 Å². The van der Waals surface area contributed by atoms with E-state index in [0.29, 0.717) is 11.0 Å². The van der Waals surface area contributed by atoms with Crippen molar-refractivity contribution in [3.63, 3.8) is 0 Å². The molecule has 0 spiro atoms. The first-order valence-electron chi connectivity index (χ1n) is 7.90. The van der Waals surface area contributed by atoms with Crippen LogP contribution < -0.4 is 11.2 Å². The van der Waals surface area contributed by atoms with Crippen molar-refractivity contribution in [3.8, 4) is 11.4 Å². The van der Waals surface area contributed by atoms with Gasteiger partial charge in [0.1, 0.15) is 0 Å². The van der Waals surface area contributed by atoms with Gasteiger partial charge in [-0.15, -0.1) is 10.2 Å². The van der Waals surface area contributed by atoms with Gasteiger partial charge in [0.25, 0.3) is 0 Å². The molecule has 0 atom stereocenters. The van der Waals surface area contributed by atoms with Crippen LogP contribution in [0.3, 0.4) is 0 Å². The molecule has 6 nitrogen and oxygen atoms in total. The van der Waals surface area contributed by atoms with E-state index in [1.165, 1.54) is 16.4 Å². The molecule has 1 aromatic heterocycles. The van der Waals surface area contributed by atoms with Gasteiger partial charge in [-0.3, -0.25) is 4.79 Å². The van der Waals surface area contributed by atoms with E-state index in [1.807, 2.05) is 56.3 Å². The molecule has 0 fully saturated rings. The maximum Gasteiger partial charge on any atom is 0.234 e. The summed E-state index contributed by atoms with van der Waals surface area (Å²) in [7, 11) is 0. The fraction of sp³-hybridized carbons (Fsp3) is 0.167. The number of hydrogen-bond acceptors (Lipinski definition) is 5. The molecule has 1 heterocycles. The van der Waals surface area contributed by atoms with Gasteiger partial charge in [0.05, 0.1) is 5.75 Å². The van der Waals surface area contributed by atoms with Crippen LogP contribution in [0.1, 0.15) is 11.1 Å². The molecular formula is C18H18BrN5OS. The number of carbonyl (C=O) groups is 1. The molecule has 134 valence electrons. The first-order chi connectivity index (χ1) is 12.4. The zero-order valence-electron chi connectivity index (χ0n) is 14.4. The monoisotopic (exact) mass is 431 g/mol. The summed E-state index contributed by atoms with van der Waals surface area (Å²) in [6, 6.07) is 13.6. The highest BCUT2D eigenvalue weighted by Gasteiger charge is 2.14. The smallest absolute Gasteiger partial charge is 0.234 e. The fourth-order valence-corrected chi connectivity index (χ4v) is 3.49. The van der Waals surface area contributed by atoms with Gasteiger partial charge in [0, 0.05) is 15.7 Å². The summed E-state index contributed by atoms with van der Waals surface area (Å²) in [5.41, 5.74) is 3.81. The Balaban J connectivity index is 1.64. The molecule has 3 rings (SSSR count). The van der Waals surface area contributed by atoms with E-state index in [0.717, 1.165) is 26.9 Å². The zero-order chi connectivity index (χ0) is 18.7. The van der Waals surface area contributed by atoms with Crippen molar-refractivity contribution in [3.05, 3.63) is 58.1 Å². The van der Waals surface area contributed by atoms with E-state index < -0.39 is 0 Å². The second-order valence-electron chi connectivity index (χ2n) is 5.84. The molecule has 26 heavy (non-hydrogen) atoms. The van der Waals surface area contributed by atoms with Crippen LogP contribution in [-0.4, -0.2) is 26.5 Å². The molecule has 0 bridgehead atoms. The highest BCUT2D eigenvalue weighted by molar-refractivity contribution is 9.10. The molecule has 0 saturated heterocycles. The predicted molar refractivity (Wildman–Crippen MR) is 109 cm³/mol. The minimum absolute atomic E-state index is 0.125. The number of nitrogens with two attached hydrogens (primary N) is 1. The Hall–Kier alpha value is -2.32. The van der Waals surface area contributed by atoms with E-state index in [4.69, 9.17) is 5.84 Å². The second kappa shape index (κ2) is 7.92. The number of nitrogen functional groups attached to an aromatic ring is 1. The molecule has 3 aromatic rings. The van der Waals surface area contributed by atoms with Crippen molar-refractivity contribution in [2.45, 2.75) is 19.0 Å². The average molecular weight is 432 g/mol. The summed E-state index contributed by atoms with van der Waals surface area (Å²) < 4.78 is 2.38. The van der Waals surface area contributed by atoms with Crippen LogP contribution in [0.5, 0.6) is 0 Å². The van der Waals surface area contributed by atoms with E-state index in [2.05, 4.69) is 31.4 Å². The molecule has 0 aliphatic rings. The predicted octanol–water partition coefficient (Wildman–Crippen LogP) is 3.77. The van der Waals surface area contributed by atoms with E-state index in [1.54, 1.807) is 0 Å². The van der Waals surface area contributed by atoms with E-state index in [9.17, 15) is 4.79 Å². The van der Waals surface area contributed by atoms with Gasteiger partial charge in [0.15, 0.2) is 5.82 Å². The number of nitrogens with zero attached hydrogens (tertiary/aromatic N) is 3. The Labute approximate surface area is 164 Å². The Bertz CT molecular complexity index is 939. The summed E-state index contributed by atoms with van der Waals surface area (Å²) in [6.07, 6.45) is 0. The number of benzene rings is 2. The first-order valence-corrected chi connectivity index (χ1v) is 9.68. The van der Waals surface area contributed by atoms with Crippen LogP contribution in [0.4, 0.5) is 5.69 Å². The maximum absolute atomic E-state index is 12.2. The lowest BCUT2D eigenvalue weighted by molar-refractivity contribution is -0.113. The SMILES string of the molecule is Cc1ccc(-c2nnc(SCC(=O)Nc3ccc(Br)cc3C)n2N)cc1. The minimum Gasteiger partial charge on any atom is -0.335 e. The fourth-order valence-electron chi connectivity index (χ4n) is 2.36. The van der Waals surface area contributed by atoms with Crippen LogP contribution >= 0.6 is 27.7 Å². The molecule has 8 heteroatoms. The summed E-state index contributed by atoms with van der Waals surface area (Å²) in [5, 5.41) is 11.6. The number of hydrogen-bond donors (Lipinski definition) is 2. The van der Waals surface area contributed by atoms with Crippen molar-refractivity contribution in [1.29, 1.82) is 0 Å². The summed E-state index contributed by atoms with van der Waals surface area (Å²) in [5.74, 6) is 6.72. The van der Waals surface area contributed by atoms with Crippen LogP contribution in [0.15, 0.2) is 52.1 Å². The number of carbonyl (C=O) groups excluding carboxylic acids is 1. The summed E-state index contributed by atoms with van der Waals surface area (Å²) in [6.45, 7) is 3.96. The quantitative estimate of drug-likeness (QED) is 0.474. The van der Waals surface area contributed by atoms with Crippen LogP contribution in [-0.2, 0) is 4.79 Å². The van der Waals surface area contributed by atoms with Gasteiger partial charge in [0.2, 0.25) is 11.1 Å². The number of rotatable bonds is 5. The van der Waals surface area contributed by atoms with Crippen LogP contribution in [0, 0.1) is 13.8 Å². The van der Waals surface area contributed by atoms with Crippen molar-refractivity contribution < 1.29 is 4.79 Å². The van der Waals surface area contributed by atoms with Crippen molar-refractivity contribution in [1.82, 2.24) is 14.9 Å². The zero-order valence-corrected chi connectivity index (χ0v) is 16.8. The molecule has 1 amide bonds. The lowest BCUT2D eigenvalue weighted by Gasteiger charge is -2.08. The van der Waals surface area contributed by atoms with Crippen molar-refractivity contribution in [2.24, 2.45) is 0 Å². The highest BCUT2D eigenvalue weighted by atomic mass is 79.9. The molecule has 0 unspecified atom stereocenters. The van der Waals surface area contributed by atoms with Gasteiger partial charge in [-0.25, -0.2) is 4.68 Å². The molecule has 3 N–H and O–H groups in total. The number of nitrogens with one attached hydrogen (secondary N) is 1. The summed E-state index contributed by atoms with van der Waals surface area (Å²) in [4.78, 5) is 12.2. The Morgan fingerprint density at radius 2 is 1.92 bits per heavy atom. The second-order valence-corrected chi connectivity index (χ2v) is 7.70. The van der Waals surface area contributed by atoms with Gasteiger partial charge in [-0.2, -0.15) is 0 Å². The molecular weight excluding hydrogens is 414 g/mol. The van der Waals surface area contributed by atoms with Gasteiger partial charge in [-0.1, -0.05) is 57.5 Å². The van der Waals surface area contributed by atoms with Gasteiger partial charge in [-0.05, 0) is 37.6 Å². The Kier molecular flexibility index (Phi) is 5.63. The number of amides is 1. The molecule has 2 aromatic carbocycles. The lowest BCUT2D eigenvalue weighted by Crippen LogP contribution is -2.17. The van der Waals surface area contributed by atoms with E-state index >= 15 is 0 Å². The van der Waals surface area contributed by atoms with Crippen molar-refractivity contribution >= 4 is 39.3 Å². The molecule has 0 radical (unpaired) electrons. The standard InChI is InChI=1S/C18H18BrN5OS/c1-11-3-5-13(6-4-11)17-22-23-18(24(17)20)26-10-16(25)21-15-8-7-14(19)9-12(15)2/h3-9H,10,20H2,1-2H3,(H,21,25). The number of aryl methyl sites for hydroxylation is 2. The largest absolute Gasteiger partial charge is 0.335 e. The number of thioether (sulfide) groups is 1. The normalized spacial score (nSPS) is 10.7. The third-order valence-corrected chi connectivity index (χ3v) is 5.21. The third-order valence-electron chi connectivity index (χ3n) is 3.77. The number of anilines is 1. The maximum atomic E-state index is 12.2. The highest BCUT2D eigenvalue weighted by Crippen LogP contribution is 2.23. The third kappa shape index (κ3) is 4.25. The lowest BCUT2D eigenvalue weighted by atomic mass is 10.1. The first kappa shape index (κ1) is 18.5. The average Bonchev–Trinajstić information content (AvgIpc) is 2.97. The Morgan fingerprint density at radius 3 is 2.62 bits per heavy atom. The van der Waals surface area contributed by atoms with E-state index in [-0.39, 0.29) is 11.7 Å². The topological polar surface area (TPSA) is 85.8 Å². The number of halogens is 1. The number of aromatic nitrogens is 3. The minimum atomic E-state index is -0.125. The van der Waals surface area contributed by atoms with Crippen molar-refractivity contribution in [2.75, 3.05) is 16.9 Å². The molecule has 0 aliphatic heterocycles. The van der Waals surface area contributed by atoms with Crippen LogP contribution in [0.25, 0.3) is 11.4 Å². The Morgan fingerprint density at radius 1 is 1.19 bits per heavy atom. The summed E-state index contributed by atoms with van der Waals surface area (Å²) >= 11 is 4.65.